The van der Waals surface area contributed by atoms with Gasteiger partial charge >= 0.3 is 0 Å². The van der Waals surface area contributed by atoms with Crippen LogP contribution in [-0.4, -0.2) is 31.5 Å². The van der Waals surface area contributed by atoms with E-state index in [0.717, 1.165) is 39.0 Å². The fraction of sp³-hybridized carbons (Fsp3) is 0.846. The van der Waals surface area contributed by atoms with Gasteiger partial charge in [0.1, 0.15) is 0 Å². The molecule has 3 nitrogen and oxygen atoms in total. The van der Waals surface area contributed by atoms with Gasteiger partial charge < -0.3 is 15.2 Å². The number of aliphatic hydroxyl groups is 1. The molecule has 0 spiro atoms. The van der Waals surface area contributed by atoms with Gasteiger partial charge in [0, 0.05) is 19.8 Å². The zero-order chi connectivity index (χ0) is 12.2. The third kappa shape index (κ3) is 7.71. The van der Waals surface area contributed by atoms with Crippen LogP contribution >= 0.6 is 0 Å². The Kier molecular flexibility index (Phi) is 10.6. The van der Waals surface area contributed by atoms with E-state index in [0.29, 0.717) is 5.92 Å². The molecule has 0 aliphatic rings. The van der Waals surface area contributed by atoms with Crippen LogP contribution in [0, 0.1) is 5.92 Å². The Morgan fingerprint density at radius 3 is 2.69 bits per heavy atom. The second-order valence-electron chi connectivity index (χ2n) is 4.07. The van der Waals surface area contributed by atoms with Crippen LogP contribution in [0.2, 0.25) is 0 Å². The molecule has 0 bridgehead atoms. The fourth-order valence-corrected chi connectivity index (χ4v) is 1.43. The van der Waals surface area contributed by atoms with Crippen LogP contribution in [0.15, 0.2) is 11.8 Å². The Hall–Kier alpha value is -0.540. The molecule has 0 aliphatic carbocycles. The Balaban J connectivity index is 3.76. The summed E-state index contributed by atoms with van der Waals surface area (Å²) in [5.41, 5.74) is 1.29. The lowest BCUT2D eigenvalue weighted by Crippen LogP contribution is -2.16. The van der Waals surface area contributed by atoms with E-state index in [1.54, 1.807) is 0 Å². The van der Waals surface area contributed by atoms with Crippen molar-refractivity contribution < 1.29 is 9.84 Å². The standard InChI is InChI=1S/C13H27NO2/c1-4-9-16-10-7-14-11-13(6-8-15)12(3)5-2/h11-12,14-15H,4-10H2,1-3H3/b13-11-. The first kappa shape index (κ1) is 15.5. The molecule has 1 unspecified atom stereocenters. The molecule has 16 heavy (non-hydrogen) atoms. The topological polar surface area (TPSA) is 41.5 Å². The highest BCUT2D eigenvalue weighted by Gasteiger charge is 2.05. The lowest BCUT2D eigenvalue weighted by Gasteiger charge is -2.13. The van der Waals surface area contributed by atoms with Crippen molar-refractivity contribution in [3.63, 3.8) is 0 Å². The molecule has 0 aromatic heterocycles. The summed E-state index contributed by atoms with van der Waals surface area (Å²) in [5, 5.41) is 12.2. The van der Waals surface area contributed by atoms with Crippen molar-refractivity contribution >= 4 is 0 Å². The number of ether oxygens (including phenoxy) is 1. The van der Waals surface area contributed by atoms with Crippen molar-refractivity contribution in [3.8, 4) is 0 Å². The van der Waals surface area contributed by atoms with Gasteiger partial charge in [-0.1, -0.05) is 20.8 Å². The summed E-state index contributed by atoms with van der Waals surface area (Å²) in [5.74, 6) is 0.538. The molecular formula is C13H27NO2. The predicted octanol–water partition coefficient (Wildman–Crippen LogP) is 2.32. The van der Waals surface area contributed by atoms with E-state index in [2.05, 4.69) is 26.1 Å². The molecule has 3 heteroatoms. The highest BCUT2D eigenvalue weighted by Crippen LogP contribution is 2.16. The second kappa shape index (κ2) is 11.0. The third-order valence-electron chi connectivity index (χ3n) is 2.67. The molecule has 0 heterocycles. The maximum absolute atomic E-state index is 8.96. The monoisotopic (exact) mass is 229 g/mol. The van der Waals surface area contributed by atoms with Crippen LogP contribution in [0.5, 0.6) is 0 Å². The number of rotatable bonds is 10. The molecular weight excluding hydrogens is 202 g/mol. The summed E-state index contributed by atoms with van der Waals surface area (Å²) in [7, 11) is 0. The number of nitrogens with one attached hydrogen (secondary N) is 1. The van der Waals surface area contributed by atoms with E-state index in [1.165, 1.54) is 5.57 Å². The van der Waals surface area contributed by atoms with E-state index in [1.807, 2.05) is 6.20 Å². The minimum Gasteiger partial charge on any atom is -0.396 e. The van der Waals surface area contributed by atoms with Gasteiger partial charge in [-0.2, -0.15) is 0 Å². The highest BCUT2D eigenvalue weighted by molar-refractivity contribution is 5.04. The normalized spacial score (nSPS) is 13.9. The summed E-state index contributed by atoms with van der Waals surface area (Å²) < 4.78 is 5.37. The van der Waals surface area contributed by atoms with E-state index in [-0.39, 0.29) is 6.61 Å². The fourth-order valence-electron chi connectivity index (χ4n) is 1.43. The van der Waals surface area contributed by atoms with Crippen molar-refractivity contribution in [1.82, 2.24) is 5.32 Å². The van der Waals surface area contributed by atoms with Gasteiger partial charge in [-0.05, 0) is 37.0 Å². The van der Waals surface area contributed by atoms with Crippen LogP contribution in [0.25, 0.3) is 0 Å². The number of aliphatic hydroxyl groups excluding tert-OH is 1. The molecule has 0 aromatic rings. The summed E-state index contributed by atoms with van der Waals surface area (Å²) in [6, 6.07) is 0. The first-order chi connectivity index (χ1) is 7.76. The Labute approximate surface area is 99.9 Å². The summed E-state index contributed by atoms with van der Waals surface area (Å²) in [6.07, 6.45) is 4.98. The lowest BCUT2D eigenvalue weighted by molar-refractivity contribution is 0.138. The first-order valence-electron chi connectivity index (χ1n) is 6.37. The lowest BCUT2D eigenvalue weighted by atomic mass is 9.97. The molecule has 0 saturated heterocycles. The average Bonchev–Trinajstić information content (AvgIpc) is 2.31. The van der Waals surface area contributed by atoms with Gasteiger partial charge in [-0.15, -0.1) is 0 Å². The van der Waals surface area contributed by atoms with Crippen LogP contribution in [-0.2, 0) is 4.74 Å². The van der Waals surface area contributed by atoms with Gasteiger partial charge in [0.15, 0.2) is 0 Å². The quantitative estimate of drug-likeness (QED) is 0.565. The van der Waals surface area contributed by atoms with Gasteiger partial charge in [-0.25, -0.2) is 0 Å². The Morgan fingerprint density at radius 1 is 1.38 bits per heavy atom. The van der Waals surface area contributed by atoms with Crippen molar-refractivity contribution in [2.75, 3.05) is 26.4 Å². The number of hydrogen-bond acceptors (Lipinski definition) is 3. The van der Waals surface area contributed by atoms with Gasteiger partial charge in [0.05, 0.1) is 6.61 Å². The van der Waals surface area contributed by atoms with Crippen molar-refractivity contribution in [2.24, 2.45) is 5.92 Å². The summed E-state index contributed by atoms with van der Waals surface area (Å²) >= 11 is 0. The van der Waals surface area contributed by atoms with E-state index >= 15 is 0 Å². The Bertz CT molecular complexity index is 181. The molecule has 1 atom stereocenters. The number of hydrogen-bond donors (Lipinski definition) is 2. The van der Waals surface area contributed by atoms with Crippen LogP contribution < -0.4 is 5.32 Å². The minimum absolute atomic E-state index is 0.226. The van der Waals surface area contributed by atoms with E-state index in [4.69, 9.17) is 9.84 Å². The van der Waals surface area contributed by atoms with Gasteiger partial charge in [0.25, 0.3) is 0 Å². The molecule has 0 saturated carbocycles. The third-order valence-corrected chi connectivity index (χ3v) is 2.67. The second-order valence-corrected chi connectivity index (χ2v) is 4.07. The average molecular weight is 229 g/mol. The molecule has 0 fully saturated rings. The van der Waals surface area contributed by atoms with Crippen LogP contribution in [0.1, 0.15) is 40.0 Å². The van der Waals surface area contributed by atoms with Gasteiger partial charge in [-0.3, -0.25) is 0 Å². The zero-order valence-electron chi connectivity index (χ0n) is 11.0. The van der Waals surface area contributed by atoms with Crippen LogP contribution in [0.3, 0.4) is 0 Å². The van der Waals surface area contributed by atoms with Crippen molar-refractivity contribution in [1.29, 1.82) is 0 Å². The maximum atomic E-state index is 8.96. The molecule has 0 rings (SSSR count). The Morgan fingerprint density at radius 2 is 2.12 bits per heavy atom. The first-order valence-corrected chi connectivity index (χ1v) is 6.37. The smallest absolute Gasteiger partial charge is 0.0638 e. The molecule has 2 N–H and O–H groups in total. The SMILES string of the molecule is CCCOCCN/C=C(/CCO)C(C)CC. The van der Waals surface area contributed by atoms with Crippen molar-refractivity contribution in [2.45, 2.75) is 40.0 Å². The summed E-state index contributed by atoms with van der Waals surface area (Å²) in [6.45, 7) is 9.11. The van der Waals surface area contributed by atoms with E-state index in [9.17, 15) is 0 Å². The molecule has 96 valence electrons. The summed E-state index contributed by atoms with van der Waals surface area (Å²) in [4.78, 5) is 0. The highest BCUT2D eigenvalue weighted by atomic mass is 16.5. The van der Waals surface area contributed by atoms with Crippen LogP contribution in [0.4, 0.5) is 0 Å². The molecule has 0 aromatic carbocycles. The van der Waals surface area contributed by atoms with E-state index < -0.39 is 0 Å². The molecule has 0 radical (unpaired) electrons. The largest absolute Gasteiger partial charge is 0.396 e. The predicted molar refractivity (Wildman–Crippen MR) is 68.4 cm³/mol. The molecule has 0 aliphatic heterocycles. The zero-order valence-corrected chi connectivity index (χ0v) is 11.0. The van der Waals surface area contributed by atoms with Crippen molar-refractivity contribution in [3.05, 3.63) is 11.8 Å². The molecule has 0 amide bonds. The minimum atomic E-state index is 0.226. The maximum Gasteiger partial charge on any atom is 0.0638 e. The van der Waals surface area contributed by atoms with Gasteiger partial charge in [0.2, 0.25) is 0 Å².